The fourth-order valence-corrected chi connectivity index (χ4v) is 1.69. The molecule has 0 N–H and O–H groups in total. The molecule has 0 fully saturated rings. The van der Waals surface area contributed by atoms with Gasteiger partial charge in [-0.05, 0) is 19.1 Å². The molecule has 2 rings (SSSR count). The average molecular weight is 224 g/mol. The Hall–Kier alpha value is -1.58. The molecule has 3 nitrogen and oxygen atoms in total. The van der Waals surface area contributed by atoms with Gasteiger partial charge in [0.2, 0.25) is 0 Å². The summed E-state index contributed by atoms with van der Waals surface area (Å²) < 4.78 is 24.1. The van der Waals surface area contributed by atoms with Gasteiger partial charge in [-0.1, -0.05) is 0 Å². The molecule has 4 heteroatoms. The summed E-state index contributed by atoms with van der Waals surface area (Å²) in [5, 5.41) is 0. The van der Waals surface area contributed by atoms with Crippen molar-refractivity contribution in [2.75, 3.05) is 13.2 Å². The molecular formula is C12H13FO3. The van der Waals surface area contributed by atoms with Gasteiger partial charge in [-0.25, -0.2) is 4.39 Å². The number of hydrogen-bond acceptors (Lipinski definition) is 3. The summed E-state index contributed by atoms with van der Waals surface area (Å²) in [5.41, 5.74) is 0.665. The van der Waals surface area contributed by atoms with Crippen molar-refractivity contribution < 1.29 is 18.7 Å². The minimum Gasteiger partial charge on any atom is -0.490 e. The second-order valence-corrected chi connectivity index (χ2v) is 3.71. The van der Waals surface area contributed by atoms with E-state index in [-0.39, 0.29) is 0 Å². The highest BCUT2D eigenvalue weighted by Crippen LogP contribution is 2.35. The Kier molecular flexibility index (Phi) is 3.08. The highest BCUT2D eigenvalue weighted by atomic mass is 19.1. The largest absolute Gasteiger partial charge is 0.490 e. The van der Waals surface area contributed by atoms with Gasteiger partial charge in [0.15, 0.2) is 17.8 Å². The van der Waals surface area contributed by atoms with Gasteiger partial charge in [-0.3, -0.25) is 4.79 Å². The van der Waals surface area contributed by atoms with Crippen LogP contribution in [0.2, 0.25) is 0 Å². The topological polar surface area (TPSA) is 35.5 Å². The molecule has 16 heavy (non-hydrogen) atoms. The zero-order valence-corrected chi connectivity index (χ0v) is 9.03. The molecule has 0 radical (unpaired) electrons. The van der Waals surface area contributed by atoms with Crippen LogP contribution in [0.5, 0.6) is 11.5 Å². The van der Waals surface area contributed by atoms with Crippen molar-refractivity contribution in [3.63, 3.8) is 0 Å². The summed E-state index contributed by atoms with van der Waals surface area (Å²) in [6.45, 7) is 2.50. The Morgan fingerprint density at radius 3 is 2.50 bits per heavy atom. The number of rotatable bonds is 2. The lowest BCUT2D eigenvalue weighted by Gasteiger charge is -2.12. The summed E-state index contributed by atoms with van der Waals surface area (Å²) in [6, 6.07) is 3.09. The maximum Gasteiger partial charge on any atom is 0.161 e. The molecule has 0 saturated heterocycles. The Morgan fingerprint density at radius 1 is 1.31 bits per heavy atom. The summed E-state index contributed by atoms with van der Waals surface area (Å²) in [7, 11) is 0. The molecule has 1 aliphatic heterocycles. The van der Waals surface area contributed by atoms with E-state index in [1.54, 1.807) is 12.1 Å². The standard InChI is InChI=1S/C12H13FO3/c1-8(13)10-6-12-11(5-9(10)7-14)15-3-2-4-16-12/h5-8H,2-4H2,1H3. The maximum atomic E-state index is 13.3. The number of alkyl halides is 1. The van der Waals surface area contributed by atoms with Crippen molar-refractivity contribution in [1.82, 2.24) is 0 Å². The first-order valence-corrected chi connectivity index (χ1v) is 5.25. The van der Waals surface area contributed by atoms with Gasteiger partial charge in [0, 0.05) is 17.5 Å². The number of hydrogen-bond donors (Lipinski definition) is 0. The highest BCUT2D eigenvalue weighted by molar-refractivity contribution is 5.79. The van der Waals surface area contributed by atoms with Crippen molar-refractivity contribution in [3.8, 4) is 11.5 Å². The Labute approximate surface area is 93.2 Å². The van der Waals surface area contributed by atoms with Crippen LogP contribution in [-0.2, 0) is 0 Å². The molecule has 1 aromatic carbocycles. The Bertz CT molecular complexity index is 401. The molecule has 1 atom stereocenters. The van der Waals surface area contributed by atoms with Gasteiger partial charge in [0.05, 0.1) is 13.2 Å². The number of ether oxygens (including phenoxy) is 2. The van der Waals surface area contributed by atoms with E-state index in [9.17, 15) is 9.18 Å². The molecule has 0 amide bonds. The number of aldehydes is 1. The van der Waals surface area contributed by atoms with E-state index >= 15 is 0 Å². The predicted molar refractivity (Wildman–Crippen MR) is 57.0 cm³/mol. The highest BCUT2D eigenvalue weighted by Gasteiger charge is 2.17. The van der Waals surface area contributed by atoms with Crippen LogP contribution < -0.4 is 9.47 Å². The van der Waals surface area contributed by atoms with Crippen molar-refractivity contribution in [3.05, 3.63) is 23.3 Å². The van der Waals surface area contributed by atoms with Crippen LogP contribution in [-0.4, -0.2) is 19.5 Å². The Morgan fingerprint density at radius 2 is 1.94 bits per heavy atom. The number of carbonyl (C=O) groups excluding carboxylic acids is 1. The van der Waals surface area contributed by atoms with Gasteiger partial charge in [0.1, 0.15) is 6.17 Å². The van der Waals surface area contributed by atoms with Crippen molar-refractivity contribution in [2.45, 2.75) is 19.5 Å². The zero-order chi connectivity index (χ0) is 11.5. The molecule has 1 unspecified atom stereocenters. The number of benzene rings is 1. The second kappa shape index (κ2) is 4.51. The quantitative estimate of drug-likeness (QED) is 0.724. The van der Waals surface area contributed by atoms with Crippen LogP contribution in [0, 0.1) is 0 Å². The third-order valence-corrected chi connectivity index (χ3v) is 2.51. The van der Waals surface area contributed by atoms with Crippen molar-refractivity contribution >= 4 is 6.29 Å². The minimum atomic E-state index is -1.20. The summed E-state index contributed by atoms with van der Waals surface area (Å²) in [5.74, 6) is 1.03. The van der Waals surface area contributed by atoms with Gasteiger partial charge >= 0.3 is 0 Å². The molecule has 1 heterocycles. The van der Waals surface area contributed by atoms with Crippen LogP contribution in [0.25, 0.3) is 0 Å². The van der Waals surface area contributed by atoms with E-state index < -0.39 is 6.17 Å². The van der Waals surface area contributed by atoms with Gasteiger partial charge in [0.25, 0.3) is 0 Å². The van der Waals surface area contributed by atoms with E-state index in [4.69, 9.17) is 9.47 Å². The van der Waals surface area contributed by atoms with E-state index in [1.165, 1.54) is 6.92 Å². The van der Waals surface area contributed by atoms with E-state index in [0.717, 1.165) is 6.42 Å². The fraction of sp³-hybridized carbons (Fsp3) is 0.417. The summed E-state index contributed by atoms with van der Waals surface area (Å²) in [4.78, 5) is 10.8. The molecular weight excluding hydrogens is 211 g/mol. The first kappa shape index (κ1) is 10.9. The fourth-order valence-electron chi connectivity index (χ4n) is 1.69. The van der Waals surface area contributed by atoms with Gasteiger partial charge < -0.3 is 9.47 Å². The number of fused-ring (bicyclic) bond motifs is 1. The van der Waals surface area contributed by atoms with Crippen molar-refractivity contribution in [1.29, 1.82) is 0 Å². The SMILES string of the molecule is CC(F)c1cc2c(cc1C=O)OCCCO2. The second-order valence-electron chi connectivity index (χ2n) is 3.71. The Balaban J connectivity index is 2.48. The number of carbonyl (C=O) groups is 1. The molecule has 1 aliphatic rings. The maximum absolute atomic E-state index is 13.3. The molecule has 0 saturated carbocycles. The van der Waals surface area contributed by atoms with Crippen LogP contribution in [0.15, 0.2) is 12.1 Å². The lowest BCUT2D eigenvalue weighted by atomic mass is 10.0. The van der Waals surface area contributed by atoms with Crippen LogP contribution >= 0.6 is 0 Å². The third-order valence-electron chi connectivity index (χ3n) is 2.51. The van der Waals surface area contributed by atoms with E-state index in [0.29, 0.717) is 42.1 Å². The first-order chi connectivity index (χ1) is 7.72. The normalized spacial score (nSPS) is 16.4. The lowest BCUT2D eigenvalue weighted by Crippen LogP contribution is -1.98. The smallest absolute Gasteiger partial charge is 0.161 e. The molecule has 1 aromatic rings. The van der Waals surface area contributed by atoms with Gasteiger partial charge in [-0.15, -0.1) is 0 Å². The van der Waals surface area contributed by atoms with Crippen LogP contribution in [0.3, 0.4) is 0 Å². The molecule has 0 bridgehead atoms. The monoisotopic (exact) mass is 224 g/mol. The van der Waals surface area contributed by atoms with E-state index in [1.807, 2.05) is 0 Å². The minimum absolute atomic E-state index is 0.319. The average Bonchev–Trinajstić information content (AvgIpc) is 2.51. The first-order valence-electron chi connectivity index (χ1n) is 5.25. The molecule has 0 aliphatic carbocycles. The lowest BCUT2D eigenvalue weighted by molar-refractivity contribution is 0.112. The third kappa shape index (κ3) is 2.01. The van der Waals surface area contributed by atoms with E-state index in [2.05, 4.69) is 0 Å². The van der Waals surface area contributed by atoms with Gasteiger partial charge in [-0.2, -0.15) is 0 Å². The van der Waals surface area contributed by atoms with Crippen LogP contribution in [0.1, 0.15) is 35.4 Å². The summed E-state index contributed by atoms with van der Waals surface area (Å²) >= 11 is 0. The number of halogens is 1. The predicted octanol–water partition coefficient (Wildman–Crippen LogP) is 2.69. The molecule has 0 spiro atoms. The zero-order valence-electron chi connectivity index (χ0n) is 9.03. The summed E-state index contributed by atoms with van der Waals surface area (Å²) in [6.07, 6.45) is 0.225. The van der Waals surface area contributed by atoms with Crippen molar-refractivity contribution in [2.24, 2.45) is 0 Å². The van der Waals surface area contributed by atoms with Crippen LogP contribution in [0.4, 0.5) is 4.39 Å². The molecule has 86 valence electrons. The molecule has 0 aromatic heterocycles.